The lowest BCUT2D eigenvalue weighted by molar-refractivity contribution is 0.105. The van der Waals surface area contributed by atoms with E-state index >= 15 is 0 Å². The van der Waals surface area contributed by atoms with Gasteiger partial charge in [0.25, 0.3) is 0 Å². The Kier molecular flexibility index (Phi) is 8.44. The van der Waals surface area contributed by atoms with Crippen LogP contribution in [0.3, 0.4) is 0 Å². The van der Waals surface area contributed by atoms with E-state index in [-0.39, 0.29) is 22.0 Å². The Morgan fingerprint density at radius 1 is 1.05 bits per heavy atom. The average molecular weight is 562 g/mol. The van der Waals surface area contributed by atoms with Crippen molar-refractivity contribution in [3.05, 3.63) is 70.0 Å². The third-order valence-corrected chi connectivity index (χ3v) is 14.4. The molecular weight excluding hydrogens is 506 g/mol. The number of rotatable bonds is 6. The molecule has 0 radical (unpaired) electrons. The number of aliphatic hydroxyl groups is 1. The Morgan fingerprint density at radius 2 is 1.62 bits per heavy atom. The van der Waals surface area contributed by atoms with Crippen LogP contribution in [-0.4, -0.2) is 18.4 Å². The highest BCUT2D eigenvalue weighted by Gasteiger charge is 2.45. The van der Waals surface area contributed by atoms with Gasteiger partial charge in [-0.1, -0.05) is 105 Å². The first-order chi connectivity index (χ1) is 18.3. The normalized spacial score (nSPS) is 20.9. The molecule has 0 amide bonds. The second kappa shape index (κ2) is 10.8. The molecule has 4 heteroatoms. The van der Waals surface area contributed by atoms with Crippen LogP contribution >= 0.6 is 0 Å². The number of aromatic nitrogens is 1. The number of pyridine rings is 1. The first kappa shape index (κ1) is 31.2. The molecule has 220 valence electrons. The zero-order valence-electron chi connectivity index (χ0n) is 27.3. The Labute approximate surface area is 246 Å². The minimum atomic E-state index is -2.07. The fourth-order valence-corrected chi connectivity index (χ4v) is 7.77. The summed E-state index contributed by atoms with van der Waals surface area (Å²) in [6, 6.07) is 8.56. The molecule has 0 saturated heterocycles. The topological polar surface area (TPSA) is 42.4 Å². The van der Waals surface area contributed by atoms with E-state index in [2.05, 4.69) is 106 Å². The molecule has 2 atom stereocenters. The third kappa shape index (κ3) is 6.20. The number of nitrogens with zero attached hydrogens (tertiary/aromatic N) is 1. The van der Waals surface area contributed by atoms with Gasteiger partial charge < -0.3 is 9.53 Å². The van der Waals surface area contributed by atoms with Gasteiger partial charge in [-0.25, -0.2) is 0 Å². The highest BCUT2D eigenvalue weighted by atomic mass is 28.4. The van der Waals surface area contributed by atoms with Crippen LogP contribution in [0.4, 0.5) is 0 Å². The summed E-state index contributed by atoms with van der Waals surface area (Å²) >= 11 is 0. The fourth-order valence-electron chi connectivity index (χ4n) is 6.51. The van der Waals surface area contributed by atoms with Crippen molar-refractivity contribution in [2.75, 3.05) is 0 Å². The molecule has 0 spiro atoms. The molecule has 2 aliphatic rings. The summed E-state index contributed by atoms with van der Waals surface area (Å²) < 4.78 is 7.23. The van der Waals surface area contributed by atoms with E-state index < -0.39 is 14.4 Å². The van der Waals surface area contributed by atoms with E-state index in [1.807, 2.05) is 0 Å². The minimum Gasteiger partial charge on any atom is -0.410 e. The minimum absolute atomic E-state index is 0.0503. The maximum atomic E-state index is 12.2. The monoisotopic (exact) mass is 561 g/mol. The summed E-state index contributed by atoms with van der Waals surface area (Å²) in [5, 5.41) is 12.3. The van der Waals surface area contributed by atoms with Crippen LogP contribution in [-0.2, 0) is 16.3 Å². The molecule has 1 aromatic carbocycles. The highest BCUT2D eigenvalue weighted by Crippen LogP contribution is 2.52. The number of benzene rings is 1. The summed E-state index contributed by atoms with van der Waals surface area (Å²) in [7, 11) is -2.07. The molecule has 1 aromatic heterocycles. The number of aliphatic hydroxyl groups excluding tert-OH is 1. The van der Waals surface area contributed by atoms with Gasteiger partial charge in [0, 0.05) is 22.7 Å². The van der Waals surface area contributed by atoms with E-state index in [1.165, 1.54) is 29.7 Å². The van der Waals surface area contributed by atoms with Crippen molar-refractivity contribution in [2.45, 2.75) is 143 Å². The Balaban J connectivity index is 1.96. The van der Waals surface area contributed by atoms with Crippen LogP contribution < -0.4 is 0 Å². The smallest absolute Gasteiger partial charge is 0.192 e. The van der Waals surface area contributed by atoms with Gasteiger partial charge >= 0.3 is 0 Å². The SMILES string of the molecule is C=C(C)c1c([C@@H](O)c2ccc(C(C)(C)C)cc2)c(C2CCCC2)nc2c1[C@@H](O[Si](C)(C)C(C)(C)C)CC(C)(C)C2. The van der Waals surface area contributed by atoms with E-state index in [0.29, 0.717) is 5.92 Å². The third-order valence-electron chi connectivity index (χ3n) is 9.86. The largest absolute Gasteiger partial charge is 0.410 e. The van der Waals surface area contributed by atoms with Crippen molar-refractivity contribution in [3.8, 4) is 0 Å². The number of fused-ring (bicyclic) bond motifs is 1. The Hall–Kier alpha value is -1.75. The molecule has 2 aromatic rings. The van der Waals surface area contributed by atoms with Gasteiger partial charge in [-0.3, -0.25) is 4.98 Å². The molecule has 1 heterocycles. The summed E-state index contributed by atoms with van der Waals surface area (Å²) in [6.45, 7) is 29.7. The van der Waals surface area contributed by atoms with Gasteiger partial charge in [0.15, 0.2) is 8.32 Å². The first-order valence-corrected chi connectivity index (χ1v) is 18.4. The number of hydrogen-bond donors (Lipinski definition) is 1. The maximum absolute atomic E-state index is 12.2. The van der Waals surface area contributed by atoms with E-state index in [4.69, 9.17) is 9.41 Å². The molecule has 0 unspecified atom stereocenters. The average Bonchev–Trinajstić information content (AvgIpc) is 3.35. The summed E-state index contributed by atoms with van der Waals surface area (Å²) in [6.07, 6.45) is 5.80. The number of hydrogen-bond acceptors (Lipinski definition) is 3. The second-order valence-corrected chi connectivity index (χ2v) is 20.9. The van der Waals surface area contributed by atoms with Crippen LogP contribution in [0.1, 0.15) is 152 Å². The van der Waals surface area contributed by atoms with Crippen LogP contribution in [0.2, 0.25) is 18.1 Å². The van der Waals surface area contributed by atoms with Crippen molar-refractivity contribution in [1.29, 1.82) is 0 Å². The summed E-state index contributed by atoms with van der Waals surface area (Å²) in [5.41, 5.74) is 8.90. The second-order valence-electron chi connectivity index (χ2n) is 16.1. The predicted octanol–water partition coefficient (Wildman–Crippen LogP) is 10.2. The lowest BCUT2D eigenvalue weighted by Gasteiger charge is -2.45. The summed E-state index contributed by atoms with van der Waals surface area (Å²) in [4.78, 5) is 5.51. The van der Waals surface area contributed by atoms with Crippen molar-refractivity contribution in [3.63, 3.8) is 0 Å². The van der Waals surface area contributed by atoms with Gasteiger partial charge in [-0.15, -0.1) is 0 Å². The molecule has 0 bridgehead atoms. The predicted molar refractivity (Wildman–Crippen MR) is 172 cm³/mol. The maximum Gasteiger partial charge on any atom is 0.192 e. The van der Waals surface area contributed by atoms with Crippen LogP contribution in [0.25, 0.3) is 5.57 Å². The van der Waals surface area contributed by atoms with Gasteiger partial charge in [0.1, 0.15) is 6.10 Å². The van der Waals surface area contributed by atoms with E-state index in [9.17, 15) is 5.11 Å². The van der Waals surface area contributed by atoms with Gasteiger partial charge in [0.2, 0.25) is 0 Å². The Bertz CT molecular complexity index is 1240. The van der Waals surface area contributed by atoms with Crippen molar-refractivity contribution >= 4 is 13.9 Å². The summed E-state index contributed by atoms with van der Waals surface area (Å²) in [5.74, 6) is 0.381. The lowest BCUT2D eigenvalue weighted by atomic mass is 9.71. The molecule has 1 saturated carbocycles. The van der Waals surface area contributed by atoms with Crippen LogP contribution in [0.15, 0.2) is 30.8 Å². The molecule has 1 fully saturated rings. The van der Waals surface area contributed by atoms with Crippen LogP contribution in [0.5, 0.6) is 0 Å². The fraction of sp³-hybridized carbons (Fsp3) is 0.639. The quantitative estimate of drug-likeness (QED) is 0.357. The molecule has 0 aliphatic heterocycles. The van der Waals surface area contributed by atoms with Gasteiger partial charge in [-0.05, 0) is 78.3 Å². The van der Waals surface area contributed by atoms with Gasteiger partial charge in [-0.2, -0.15) is 0 Å². The lowest BCUT2D eigenvalue weighted by Crippen LogP contribution is -2.44. The standard InChI is InChI=1S/C36H55NO2Si/c1-23(2)29-30-27(21-36(9,10)22-28(30)39-40(11,12)35(6,7)8)37-32(24-15-13-14-16-24)31(29)33(38)25-17-19-26(20-18-25)34(3,4)5/h17-20,24,28,33,38H,1,13-16,21-22H2,2-12H3/t28-,33-/m0/s1. The first-order valence-electron chi connectivity index (χ1n) is 15.5. The van der Waals surface area contributed by atoms with Crippen molar-refractivity contribution in [1.82, 2.24) is 4.98 Å². The van der Waals surface area contributed by atoms with E-state index in [1.54, 1.807) is 0 Å². The van der Waals surface area contributed by atoms with Crippen LogP contribution in [0, 0.1) is 5.41 Å². The van der Waals surface area contributed by atoms with Crippen molar-refractivity contribution < 1.29 is 9.53 Å². The molecular formula is C36H55NO2Si. The number of allylic oxidation sites excluding steroid dienone is 1. The molecule has 4 rings (SSSR count). The Morgan fingerprint density at radius 3 is 2.12 bits per heavy atom. The molecule has 40 heavy (non-hydrogen) atoms. The van der Waals surface area contributed by atoms with E-state index in [0.717, 1.165) is 53.6 Å². The van der Waals surface area contributed by atoms with Crippen molar-refractivity contribution in [2.24, 2.45) is 5.41 Å². The molecule has 3 nitrogen and oxygen atoms in total. The molecule has 1 N–H and O–H groups in total. The van der Waals surface area contributed by atoms with Gasteiger partial charge in [0.05, 0.1) is 11.8 Å². The highest BCUT2D eigenvalue weighted by molar-refractivity contribution is 6.74. The zero-order chi connectivity index (χ0) is 29.8. The molecule has 2 aliphatic carbocycles. The zero-order valence-corrected chi connectivity index (χ0v) is 28.3.